The molecule has 5 heteroatoms. The van der Waals surface area contributed by atoms with Crippen molar-refractivity contribution in [2.24, 2.45) is 5.84 Å². The molecule has 2 aromatic rings. The number of fused-ring (bicyclic) bond motifs is 2. The fourth-order valence-electron chi connectivity index (χ4n) is 2.61. The summed E-state index contributed by atoms with van der Waals surface area (Å²) in [5.41, 5.74) is 5.69. The Morgan fingerprint density at radius 2 is 1.85 bits per heavy atom. The molecule has 0 saturated heterocycles. The molecule has 1 aromatic heterocycles. The van der Waals surface area contributed by atoms with Gasteiger partial charge in [-0.05, 0) is 25.0 Å². The van der Waals surface area contributed by atoms with Gasteiger partial charge in [0.05, 0.1) is 24.4 Å². The molecule has 20 heavy (non-hydrogen) atoms. The molecule has 1 saturated carbocycles. The number of nitrogens with one attached hydrogen (secondary N) is 1. The zero-order chi connectivity index (χ0) is 13.5. The maximum Gasteiger partial charge on any atom is 0.163 e. The summed E-state index contributed by atoms with van der Waals surface area (Å²) in [7, 11) is 0. The van der Waals surface area contributed by atoms with Crippen LogP contribution in [0.5, 0.6) is 11.5 Å². The van der Waals surface area contributed by atoms with Crippen LogP contribution in [0.3, 0.4) is 0 Å². The highest BCUT2D eigenvalue weighted by atomic mass is 16.5. The minimum Gasteiger partial charge on any atom is -0.490 e. The van der Waals surface area contributed by atoms with E-state index in [4.69, 9.17) is 20.3 Å². The Bertz CT molecular complexity index is 668. The largest absolute Gasteiger partial charge is 0.490 e. The van der Waals surface area contributed by atoms with E-state index in [0.29, 0.717) is 19.1 Å². The summed E-state index contributed by atoms with van der Waals surface area (Å²) in [5, 5.41) is 0.973. The number of rotatable bonds is 2. The second-order valence-corrected chi connectivity index (χ2v) is 5.38. The average Bonchev–Trinajstić information content (AvgIpc) is 3.30. The van der Waals surface area contributed by atoms with Crippen LogP contribution in [0.25, 0.3) is 10.9 Å². The first-order valence-corrected chi connectivity index (χ1v) is 7.06. The van der Waals surface area contributed by atoms with Gasteiger partial charge in [0.1, 0.15) is 0 Å². The van der Waals surface area contributed by atoms with Crippen molar-refractivity contribution in [3.8, 4) is 11.5 Å². The van der Waals surface area contributed by atoms with Crippen LogP contribution in [0.2, 0.25) is 0 Å². The topological polar surface area (TPSA) is 69.4 Å². The van der Waals surface area contributed by atoms with E-state index in [1.807, 2.05) is 18.2 Å². The molecule has 4 rings (SSSR count). The zero-order valence-electron chi connectivity index (χ0n) is 11.2. The van der Waals surface area contributed by atoms with Gasteiger partial charge in [-0.15, -0.1) is 0 Å². The standard InChI is InChI=1S/C15H17N3O2/c16-18-13-7-11(9-2-3-9)17-12-8-15-14(6-10(12)13)19-4-1-5-20-15/h6-9H,1-5,16H2,(H,17,18). The minimum atomic E-state index is 0.586. The number of nitrogens with two attached hydrogens (primary N) is 1. The summed E-state index contributed by atoms with van der Waals surface area (Å²) >= 11 is 0. The number of ether oxygens (including phenoxy) is 2. The van der Waals surface area contributed by atoms with Gasteiger partial charge in [-0.25, -0.2) is 0 Å². The third-order valence-corrected chi connectivity index (χ3v) is 3.85. The monoisotopic (exact) mass is 271 g/mol. The van der Waals surface area contributed by atoms with Crippen molar-refractivity contribution < 1.29 is 9.47 Å². The molecule has 0 bridgehead atoms. The number of hydrazine groups is 1. The van der Waals surface area contributed by atoms with Crippen molar-refractivity contribution in [1.29, 1.82) is 0 Å². The fraction of sp³-hybridized carbons (Fsp3) is 0.400. The summed E-state index contributed by atoms with van der Waals surface area (Å²) in [6.07, 6.45) is 3.33. The molecule has 0 unspecified atom stereocenters. The third kappa shape index (κ3) is 1.94. The van der Waals surface area contributed by atoms with E-state index in [9.17, 15) is 0 Å². The first kappa shape index (κ1) is 11.8. The Hall–Kier alpha value is -2.01. The van der Waals surface area contributed by atoms with Gasteiger partial charge in [-0.2, -0.15) is 0 Å². The Morgan fingerprint density at radius 1 is 1.10 bits per heavy atom. The average molecular weight is 271 g/mol. The van der Waals surface area contributed by atoms with Gasteiger partial charge in [0, 0.05) is 29.5 Å². The van der Waals surface area contributed by atoms with E-state index in [1.54, 1.807) is 0 Å². The van der Waals surface area contributed by atoms with Crippen LogP contribution in [-0.2, 0) is 0 Å². The first-order chi connectivity index (χ1) is 9.85. The number of nitrogen functional groups attached to an aromatic ring is 1. The fourth-order valence-corrected chi connectivity index (χ4v) is 2.61. The predicted octanol–water partition coefficient (Wildman–Crippen LogP) is 2.56. The number of hydrogen-bond donors (Lipinski definition) is 2. The summed E-state index contributed by atoms with van der Waals surface area (Å²) in [6, 6.07) is 5.97. The number of anilines is 1. The quantitative estimate of drug-likeness (QED) is 0.649. The van der Waals surface area contributed by atoms with Gasteiger partial charge in [0.15, 0.2) is 11.5 Å². The maximum absolute atomic E-state index is 5.73. The van der Waals surface area contributed by atoms with Crippen LogP contribution in [0, 0.1) is 0 Å². The SMILES string of the molecule is NNc1cc(C2CC2)nc2cc3c(cc12)OCCCO3. The van der Waals surface area contributed by atoms with Crippen LogP contribution in [-0.4, -0.2) is 18.2 Å². The Labute approximate surface area is 117 Å². The molecule has 1 aromatic carbocycles. The van der Waals surface area contributed by atoms with Gasteiger partial charge in [-0.3, -0.25) is 10.8 Å². The lowest BCUT2D eigenvalue weighted by Crippen LogP contribution is -2.08. The van der Waals surface area contributed by atoms with Gasteiger partial charge in [0.2, 0.25) is 0 Å². The highest BCUT2D eigenvalue weighted by Gasteiger charge is 2.26. The molecule has 0 spiro atoms. The summed E-state index contributed by atoms with van der Waals surface area (Å²) in [4.78, 5) is 4.75. The van der Waals surface area contributed by atoms with E-state index in [1.165, 1.54) is 12.8 Å². The van der Waals surface area contributed by atoms with Crippen LogP contribution in [0.4, 0.5) is 5.69 Å². The maximum atomic E-state index is 5.73. The van der Waals surface area contributed by atoms with Gasteiger partial charge in [0.25, 0.3) is 0 Å². The van der Waals surface area contributed by atoms with Crippen molar-refractivity contribution >= 4 is 16.6 Å². The third-order valence-electron chi connectivity index (χ3n) is 3.85. The molecular formula is C15H17N3O2. The molecule has 5 nitrogen and oxygen atoms in total. The van der Waals surface area contributed by atoms with Gasteiger partial charge < -0.3 is 14.9 Å². The molecule has 0 atom stereocenters. The summed E-state index contributed by atoms with van der Waals surface area (Å²) < 4.78 is 11.5. The summed E-state index contributed by atoms with van der Waals surface area (Å²) in [6.45, 7) is 1.36. The lowest BCUT2D eigenvalue weighted by Gasteiger charge is -2.12. The van der Waals surface area contributed by atoms with Crippen LogP contribution < -0.4 is 20.7 Å². The van der Waals surface area contributed by atoms with E-state index < -0.39 is 0 Å². The summed E-state index contributed by atoms with van der Waals surface area (Å²) in [5.74, 6) is 7.80. The molecular weight excluding hydrogens is 254 g/mol. The van der Waals surface area contributed by atoms with Crippen LogP contribution >= 0.6 is 0 Å². The Kier molecular flexibility index (Phi) is 2.67. The molecule has 2 heterocycles. The highest BCUT2D eigenvalue weighted by molar-refractivity contribution is 5.93. The second-order valence-electron chi connectivity index (χ2n) is 5.38. The van der Waals surface area contributed by atoms with Crippen molar-refractivity contribution in [2.45, 2.75) is 25.2 Å². The smallest absolute Gasteiger partial charge is 0.163 e. The molecule has 0 radical (unpaired) electrons. The van der Waals surface area contributed by atoms with Crippen LogP contribution in [0.1, 0.15) is 30.9 Å². The van der Waals surface area contributed by atoms with Crippen LogP contribution in [0.15, 0.2) is 18.2 Å². The van der Waals surface area contributed by atoms with Crippen molar-refractivity contribution in [1.82, 2.24) is 4.98 Å². The molecule has 1 aliphatic carbocycles. The number of aromatic nitrogens is 1. The Balaban J connectivity index is 1.91. The van der Waals surface area contributed by atoms with Gasteiger partial charge >= 0.3 is 0 Å². The van der Waals surface area contributed by atoms with Crippen molar-refractivity contribution in [3.63, 3.8) is 0 Å². The number of pyridine rings is 1. The van der Waals surface area contributed by atoms with Gasteiger partial charge in [-0.1, -0.05) is 0 Å². The molecule has 1 fully saturated rings. The first-order valence-electron chi connectivity index (χ1n) is 7.06. The van der Waals surface area contributed by atoms with Crippen molar-refractivity contribution in [2.75, 3.05) is 18.6 Å². The predicted molar refractivity (Wildman–Crippen MR) is 77.1 cm³/mol. The molecule has 3 N–H and O–H groups in total. The molecule has 0 amide bonds. The lowest BCUT2D eigenvalue weighted by molar-refractivity contribution is 0.297. The molecule has 1 aliphatic heterocycles. The number of hydrogen-bond acceptors (Lipinski definition) is 5. The highest BCUT2D eigenvalue weighted by Crippen LogP contribution is 2.42. The zero-order valence-corrected chi connectivity index (χ0v) is 11.2. The molecule has 2 aliphatic rings. The van der Waals surface area contributed by atoms with E-state index in [0.717, 1.165) is 40.2 Å². The number of benzene rings is 1. The number of nitrogens with zero attached hydrogens (tertiary/aromatic N) is 1. The van der Waals surface area contributed by atoms with E-state index in [-0.39, 0.29) is 0 Å². The van der Waals surface area contributed by atoms with E-state index >= 15 is 0 Å². The lowest BCUT2D eigenvalue weighted by atomic mass is 10.1. The van der Waals surface area contributed by atoms with E-state index in [2.05, 4.69) is 5.43 Å². The Morgan fingerprint density at radius 3 is 2.55 bits per heavy atom. The van der Waals surface area contributed by atoms with Crippen molar-refractivity contribution in [3.05, 3.63) is 23.9 Å². The normalized spacial score (nSPS) is 17.9. The second kappa shape index (κ2) is 4.52. The minimum absolute atomic E-state index is 0.586. The molecule has 104 valence electrons.